The zero-order valence-corrected chi connectivity index (χ0v) is 19.2. The number of carbonyl (C=O) groups excluding carboxylic acids is 1. The normalized spacial score (nSPS) is 16.4. The first-order valence-corrected chi connectivity index (χ1v) is 14.1. The van der Waals surface area contributed by atoms with E-state index in [-0.39, 0.29) is 16.6 Å². The van der Waals surface area contributed by atoms with Crippen LogP contribution >= 0.6 is 10.3 Å². The standard InChI is InChI=1S/C22H36O4S2/c1-4-6-16-27(17-7-5-2,18-22(23)20-10-8-9-11-20)26-28(24,25)21-14-12-19(3)13-15-21/h12-15,20H,4-11,16-18H2,1-3H3. The average molecular weight is 429 g/mol. The van der Waals surface area contributed by atoms with Crippen LogP contribution in [0, 0.1) is 12.8 Å². The van der Waals surface area contributed by atoms with Crippen molar-refractivity contribution in [2.75, 3.05) is 17.3 Å². The maximum atomic E-state index is 13.1. The van der Waals surface area contributed by atoms with Crippen LogP contribution in [0.2, 0.25) is 0 Å². The van der Waals surface area contributed by atoms with E-state index in [2.05, 4.69) is 13.8 Å². The summed E-state index contributed by atoms with van der Waals surface area (Å²) in [4.78, 5) is 13.2. The van der Waals surface area contributed by atoms with Crippen molar-refractivity contribution in [2.24, 2.45) is 5.92 Å². The van der Waals surface area contributed by atoms with Crippen molar-refractivity contribution in [2.45, 2.75) is 77.0 Å². The molecule has 0 spiro atoms. The van der Waals surface area contributed by atoms with Gasteiger partial charge in [0.25, 0.3) is 0 Å². The van der Waals surface area contributed by atoms with Gasteiger partial charge in [0, 0.05) is 17.4 Å². The molecule has 1 aliphatic carbocycles. The molecule has 1 aromatic carbocycles. The molecule has 0 bridgehead atoms. The van der Waals surface area contributed by atoms with Crippen LogP contribution in [0.3, 0.4) is 0 Å². The van der Waals surface area contributed by atoms with Crippen molar-refractivity contribution in [1.82, 2.24) is 0 Å². The fraction of sp³-hybridized carbons (Fsp3) is 0.682. The maximum absolute atomic E-state index is 13.1. The van der Waals surface area contributed by atoms with Crippen molar-refractivity contribution in [3.63, 3.8) is 0 Å². The van der Waals surface area contributed by atoms with Crippen LogP contribution in [-0.4, -0.2) is 31.5 Å². The van der Waals surface area contributed by atoms with Crippen molar-refractivity contribution in [3.05, 3.63) is 29.8 Å². The summed E-state index contributed by atoms with van der Waals surface area (Å²) in [5.74, 6) is 1.99. The largest absolute Gasteiger partial charge is 0.306 e. The highest BCUT2D eigenvalue weighted by Gasteiger charge is 2.36. The molecule has 4 nitrogen and oxygen atoms in total. The molecule has 0 N–H and O–H groups in total. The third-order valence-corrected chi connectivity index (χ3v) is 11.1. The van der Waals surface area contributed by atoms with E-state index in [0.29, 0.717) is 17.3 Å². The van der Waals surface area contributed by atoms with Crippen molar-refractivity contribution < 1.29 is 16.8 Å². The quantitative estimate of drug-likeness (QED) is 0.423. The number of Topliss-reactive ketones (excluding diaryl/α,β-unsaturated/α-hetero) is 1. The first kappa shape index (κ1) is 23.4. The van der Waals surface area contributed by atoms with E-state index in [4.69, 9.17) is 3.63 Å². The van der Waals surface area contributed by atoms with Crippen molar-refractivity contribution in [1.29, 1.82) is 0 Å². The fourth-order valence-corrected chi connectivity index (χ4v) is 9.63. The van der Waals surface area contributed by atoms with Gasteiger partial charge >= 0.3 is 10.1 Å². The zero-order valence-electron chi connectivity index (χ0n) is 17.6. The minimum Gasteiger partial charge on any atom is -0.298 e. The highest BCUT2D eigenvalue weighted by Crippen LogP contribution is 2.54. The first-order chi connectivity index (χ1) is 13.3. The average Bonchev–Trinajstić information content (AvgIpc) is 3.20. The third-order valence-electron chi connectivity index (χ3n) is 5.50. The van der Waals surface area contributed by atoms with Crippen LogP contribution in [0.1, 0.15) is 70.8 Å². The highest BCUT2D eigenvalue weighted by atomic mass is 32.3. The molecule has 0 amide bonds. The molecule has 6 heteroatoms. The molecule has 1 aromatic rings. The molecule has 0 aromatic heterocycles. The number of aryl methyl sites for hydroxylation is 1. The van der Waals surface area contributed by atoms with Crippen LogP contribution in [0.4, 0.5) is 0 Å². The van der Waals surface area contributed by atoms with E-state index < -0.39 is 20.4 Å². The lowest BCUT2D eigenvalue weighted by atomic mass is 10.0. The molecule has 0 radical (unpaired) electrons. The molecule has 28 heavy (non-hydrogen) atoms. The van der Waals surface area contributed by atoms with E-state index in [1.165, 1.54) is 0 Å². The van der Waals surface area contributed by atoms with Gasteiger partial charge in [0.05, 0.1) is 10.6 Å². The van der Waals surface area contributed by atoms with Crippen LogP contribution in [0.25, 0.3) is 0 Å². The molecule has 0 unspecified atom stereocenters. The second kappa shape index (κ2) is 10.8. The predicted octanol–water partition coefficient (Wildman–Crippen LogP) is 5.78. The highest BCUT2D eigenvalue weighted by molar-refractivity contribution is 8.33. The Morgan fingerprint density at radius 3 is 2.04 bits per heavy atom. The number of carbonyl (C=O) groups is 1. The Hall–Kier alpha value is -0.850. The SMILES string of the molecule is CCCCS(CCCC)(CC(=O)C1CCCC1)OS(=O)(=O)c1ccc(C)cc1. The number of ketones is 1. The van der Waals surface area contributed by atoms with E-state index >= 15 is 0 Å². The Balaban J connectivity index is 2.30. The van der Waals surface area contributed by atoms with Crippen LogP contribution < -0.4 is 0 Å². The molecular weight excluding hydrogens is 392 g/mol. The summed E-state index contributed by atoms with van der Waals surface area (Å²) in [6.45, 7) is 6.12. The monoisotopic (exact) mass is 428 g/mol. The van der Waals surface area contributed by atoms with Gasteiger partial charge in [-0.2, -0.15) is 8.42 Å². The number of hydrogen-bond acceptors (Lipinski definition) is 4. The number of rotatable bonds is 12. The maximum Gasteiger partial charge on any atom is 0.306 e. The lowest BCUT2D eigenvalue weighted by molar-refractivity contribution is -0.120. The summed E-state index contributed by atoms with van der Waals surface area (Å²) in [5.41, 5.74) is 1.01. The summed E-state index contributed by atoms with van der Waals surface area (Å²) >= 11 is 0. The van der Waals surface area contributed by atoms with E-state index in [0.717, 1.165) is 56.9 Å². The van der Waals surface area contributed by atoms with Gasteiger partial charge in [0.15, 0.2) is 0 Å². The Morgan fingerprint density at radius 2 is 1.54 bits per heavy atom. The molecule has 0 aliphatic heterocycles. The molecular formula is C22H36O4S2. The van der Waals surface area contributed by atoms with Gasteiger partial charge in [-0.25, -0.2) is 3.63 Å². The van der Waals surface area contributed by atoms with Gasteiger partial charge in [0.1, 0.15) is 5.78 Å². The number of unbranched alkanes of at least 4 members (excludes halogenated alkanes) is 2. The lowest BCUT2D eigenvalue weighted by Gasteiger charge is -2.38. The van der Waals surface area contributed by atoms with Crippen LogP contribution in [0.5, 0.6) is 0 Å². The van der Waals surface area contributed by atoms with Gasteiger partial charge in [0.2, 0.25) is 0 Å². The van der Waals surface area contributed by atoms with Crippen LogP contribution in [-0.2, 0) is 18.5 Å². The predicted molar refractivity (Wildman–Crippen MR) is 118 cm³/mol. The molecule has 2 rings (SSSR count). The summed E-state index contributed by atoms with van der Waals surface area (Å²) in [5, 5.41) is 0. The molecule has 1 saturated carbocycles. The second-order valence-electron chi connectivity index (χ2n) is 8.01. The summed E-state index contributed by atoms with van der Waals surface area (Å²) in [6, 6.07) is 6.78. The van der Waals surface area contributed by atoms with Crippen LogP contribution in [0.15, 0.2) is 29.2 Å². The van der Waals surface area contributed by atoms with Crippen molar-refractivity contribution in [3.8, 4) is 0 Å². The lowest BCUT2D eigenvalue weighted by Crippen LogP contribution is -2.28. The Bertz CT molecular complexity index is 711. The molecule has 0 saturated heterocycles. The van der Waals surface area contributed by atoms with E-state index in [1.54, 1.807) is 24.3 Å². The smallest absolute Gasteiger partial charge is 0.298 e. The van der Waals surface area contributed by atoms with E-state index in [9.17, 15) is 13.2 Å². The fourth-order valence-electron chi connectivity index (χ4n) is 3.71. The van der Waals surface area contributed by atoms with E-state index in [1.807, 2.05) is 6.92 Å². The molecule has 0 heterocycles. The summed E-state index contributed by atoms with van der Waals surface area (Å²) < 4.78 is 32.2. The minimum atomic E-state index is -3.88. The number of hydrogen-bond donors (Lipinski definition) is 0. The Morgan fingerprint density at radius 1 is 1.00 bits per heavy atom. The third kappa shape index (κ3) is 6.60. The molecule has 1 aliphatic rings. The molecule has 160 valence electrons. The first-order valence-electron chi connectivity index (χ1n) is 10.6. The van der Waals surface area contributed by atoms with Gasteiger partial charge in [-0.05, 0) is 44.7 Å². The topological polar surface area (TPSA) is 60.4 Å². The van der Waals surface area contributed by atoms with Crippen molar-refractivity contribution >= 4 is 26.2 Å². The van der Waals surface area contributed by atoms with Gasteiger partial charge < -0.3 is 0 Å². The summed E-state index contributed by atoms with van der Waals surface area (Å²) in [7, 11) is -5.89. The van der Waals surface area contributed by atoms with Gasteiger partial charge in [-0.1, -0.05) is 57.2 Å². The van der Waals surface area contributed by atoms with Gasteiger partial charge in [-0.3, -0.25) is 4.79 Å². The number of benzene rings is 1. The van der Waals surface area contributed by atoms with Gasteiger partial charge in [-0.15, -0.1) is 10.3 Å². The Kier molecular flexibility index (Phi) is 9.03. The summed E-state index contributed by atoms with van der Waals surface area (Å²) in [6.07, 6.45) is 7.80. The minimum absolute atomic E-state index is 0.0980. The zero-order chi connectivity index (χ0) is 20.6. The molecule has 0 atom stereocenters. The second-order valence-corrected chi connectivity index (χ2v) is 13.0. The molecule has 1 fully saturated rings. The Labute approximate surface area is 173 Å².